The normalized spacial score (nSPS) is 14.3. The van der Waals surface area contributed by atoms with Gasteiger partial charge in [0.1, 0.15) is 5.75 Å². The quantitative estimate of drug-likeness (QED) is 0.640. The van der Waals surface area contributed by atoms with E-state index in [0.29, 0.717) is 43.3 Å². The Morgan fingerprint density at radius 1 is 1.09 bits per heavy atom. The standard InChI is InChI=1S/C22H27N3O6S/c1-24(32(2,28)29)15-17-7-9-18(10-8-17)31-16-21(26)23-20-6-4-3-5-19(20)22(27)25-11-13-30-14-12-25/h3-10H,11-16H2,1-2H3,(H,23,26). The molecule has 2 aromatic rings. The lowest BCUT2D eigenvalue weighted by Crippen LogP contribution is -2.41. The van der Waals surface area contributed by atoms with Crippen LogP contribution >= 0.6 is 0 Å². The van der Waals surface area contributed by atoms with E-state index >= 15 is 0 Å². The van der Waals surface area contributed by atoms with Crippen molar-refractivity contribution >= 4 is 27.5 Å². The molecule has 0 saturated carbocycles. The molecule has 0 unspecified atom stereocenters. The van der Waals surface area contributed by atoms with E-state index in [-0.39, 0.29) is 19.1 Å². The molecule has 1 aliphatic heterocycles. The Kier molecular flexibility index (Phi) is 7.84. The van der Waals surface area contributed by atoms with E-state index in [1.807, 2.05) is 0 Å². The number of benzene rings is 2. The zero-order valence-corrected chi connectivity index (χ0v) is 18.9. The van der Waals surface area contributed by atoms with Crippen LogP contribution in [-0.4, -0.2) is 75.7 Å². The predicted octanol–water partition coefficient (Wildman–Crippen LogP) is 1.57. The molecule has 172 valence electrons. The van der Waals surface area contributed by atoms with Crippen LogP contribution in [0.25, 0.3) is 0 Å². The summed E-state index contributed by atoms with van der Waals surface area (Å²) in [7, 11) is -1.76. The molecule has 0 aliphatic carbocycles. The van der Waals surface area contributed by atoms with Gasteiger partial charge in [0.25, 0.3) is 11.8 Å². The summed E-state index contributed by atoms with van der Waals surface area (Å²) >= 11 is 0. The Labute approximate surface area is 188 Å². The fourth-order valence-electron chi connectivity index (χ4n) is 3.12. The van der Waals surface area contributed by atoms with Gasteiger partial charge in [-0.2, -0.15) is 0 Å². The molecule has 1 fully saturated rings. The molecule has 2 amide bonds. The Hall–Kier alpha value is -2.95. The summed E-state index contributed by atoms with van der Waals surface area (Å²) in [5.41, 5.74) is 1.64. The monoisotopic (exact) mass is 461 g/mol. The molecule has 3 rings (SSSR count). The number of carbonyl (C=O) groups excluding carboxylic acids is 2. The third-order valence-electron chi connectivity index (χ3n) is 4.99. The Morgan fingerprint density at radius 3 is 2.41 bits per heavy atom. The summed E-state index contributed by atoms with van der Waals surface area (Å²) in [6.45, 7) is 2.03. The lowest BCUT2D eigenvalue weighted by atomic mass is 10.1. The SMILES string of the molecule is CN(Cc1ccc(OCC(=O)Nc2ccccc2C(=O)N2CCOCC2)cc1)S(C)(=O)=O. The molecule has 1 aliphatic rings. The second-order valence-corrected chi connectivity index (χ2v) is 9.54. The van der Waals surface area contributed by atoms with E-state index in [1.54, 1.807) is 53.4 Å². The molecule has 32 heavy (non-hydrogen) atoms. The maximum absolute atomic E-state index is 12.8. The van der Waals surface area contributed by atoms with Crippen LogP contribution in [0.5, 0.6) is 5.75 Å². The first-order valence-corrected chi connectivity index (χ1v) is 12.0. The van der Waals surface area contributed by atoms with Gasteiger partial charge in [0, 0.05) is 26.7 Å². The number of carbonyl (C=O) groups is 2. The molecule has 0 aromatic heterocycles. The zero-order chi connectivity index (χ0) is 23.1. The average molecular weight is 462 g/mol. The van der Waals surface area contributed by atoms with Crippen LogP contribution in [0, 0.1) is 0 Å². The molecule has 1 saturated heterocycles. The average Bonchev–Trinajstić information content (AvgIpc) is 2.78. The van der Waals surface area contributed by atoms with Crippen molar-refractivity contribution < 1.29 is 27.5 Å². The van der Waals surface area contributed by atoms with Gasteiger partial charge in [-0.3, -0.25) is 9.59 Å². The second kappa shape index (κ2) is 10.6. The predicted molar refractivity (Wildman–Crippen MR) is 120 cm³/mol. The highest BCUT2D eigenvalue weighted by Gasteiger charge is 2.21. The largest absolute Gasteiger partial charge is 0.484 e. The van der Waals surface area contributed by atoms with E-state index in [9.17, 15) is 18.0 Å². The Balaban J connectivity index is 1.56. The maximum Gasteiger partial charge on any atom is 0.262 e. The Bertz CT molecular complexity index is 1050. The van der Waals surface area contributed by atoms with Crippen molar-refractivity contribution in [2.75, 3.05) is 51.5 Å². The molecule has 10 heteroatoms. The molecular formula is C22H27N3O6S. The van der Waals surface area contributed by atoms with Gasteiger partial charge in [0.05, 0.1) is 30.7 Å². The summed E-state index contributed by atoms with van der Waals surface area (Å²) in [5, 5.41) is 2.74. The van der Waals surface area contributed by atoms with Crippen LogP contribution in [0.15, 0.2) is 48.5 Å². The number of anilines is 1. The van der Waals surface area contributed by atoms with Crippen LogP contribution < -0.4 is 10.1 Å². The van der Waals surface area contributed by atoms with Crippen molar-refractivity contribution in [2.45, 2.75) is 6.54 Å². The smallest absolute Gasteiger partial charge is 0.262 e. The van der Waals surface area contributed by atoms with Crippen molar-refractivity contribution in [1.29, 1.82) is 0 Å². The highest BCUT2D eigenvalue weighted by molar-refractivity contribution is 7.88. The second-order valence-electron chi connectivity index (χ2n) is 7.45. The molecule has 9 nitrogen and oxygen atoms in total. The van der Waals surface area contributed by atoms with E-state index in [4.69, 9.17) is 9.47 Å². The molecule has 1 heterocycles. The third kappa shape index (κ3) is 6.52. The van der Waals surface area contributed by atoms with Crippen molar-refractivity contribution in [2.24, 2.45) is 0 Å². The van der Waals surface area contributed by atoms with E-state index in [2.05, 4.69) is 5.32 Å². The van der Waals surface area contributed by atoms with Gasteiger partial charge in [-0.05, 0) is 29.8 Å². The van der Waals surface area contributed by atoms with Crippen molar-refractivity contribution in [1.82, 2.24) is 9.21 Å². The number of para-hydroxylation sites is 1. The van der Waals surface area contributed by atoms with Crippen molar-refractivity contribution in [3.63, 3.8) is 0 Å². The number of hydrogen-bond donors (Lipinski definition) is 1. The van der Waals surface area contributed by atoms with Crippen molar-refractivity contribution in [3.05, 3.63) is 59.7 Å². The number of ether oxygens (including phenoxy) is 2. The number of rotatable bonds is 8. The number of amides is 2. The van der Waals surface area contributed by atoms with E-state index in [0.717, 1.165) is 11.8 Å². The fraction of sp³-hybridized carbons (Fsp3) is 0.364. The highest BCUT2D eigenvalue weighted by atomic mass is 32.2. The molecular weight excluding hydrogens is 434 g/mol. The third-order valence-corrected chi connectivity index (χ3v) is 6.26. The minimum atomic E-state index is -3.26. The van der Waals surface area contributed by atoms with Crippen LogP contribution in [0.4, 0.5) is 5.69 Å². The molecule has 0 spiro atoms. The van der Waals surface area contributed by atoms with Gasteiger partial charge in [-0.15, -0.1) is 0 Å². The maximum atomic E-state index is 12.8. The number of morpholine rings is 1. The first kappa shape index (κ1) is 23.7. The van der Waals surface area contributed by atoms with Gasteiger partial charge in [-0.25, -0.2) is 12.7 Å². The number of nitrogens with zero attached hydrogens (tertiary/aromatic N) is 2. The molecule has 2 aromatic carbocycles. The molecule has 0 radical (unpaired) electrons. The van der Waals surface area contributed by atoms with Crippen LogP contribution in [-0.2, 0) is 26.1 Å². The van der Waals surface area contributed by atoms with Crippen LogP contribution in [0.2, 0.25) is 0 Å². The summed E-state index contributed by atoms with van der Waals surface area (Å²) in [5.74, 6) is -0.0727. The lowest BCUT2D eigenvalue weighted by molar-refractivity contribution is -0.118. The van der Waals surface area contributed by atoms with Gasteiger partial charge in [0.2, 0.25) is 10.0 Å². The molecule has 1 N–H and O–H groups in total. The van der Waals surface area contributed by atoms with E-state index in [1.165, 1.54) is 11.4 Å². The molecule has 0 atom stereocenters. The minimum absolute atomic E-state index is 0.153. The Morgan fingerprint density at radius 2 is 1.75 bits per heavy atom. The van der Waals surface area contributed by atoms with E-state index < -0.39 is 15.9 Å². The number of hydrogen-bond acceptors (Lipinski definition) is 6. The first-order valence-electron chi connectivity index (χ1n) is 10.1. The summed E-state index contributed by atoms with van der Waals surface area (Å²) < 4.78 is 35.1. The van der Waals surface area contributed by atoms with Gasteiger partial charge in [0.15, 0.2) is 6.61 Å². The van der Waals surface area contributed by atoms with Gasteiger partial charge < -0.3 is 19.7 Å². The fourth-order valence-corrected chi connectivity index (χ4v) is 3.50. The summed E-state index contributed by atoms with van der Waals surface area (Å²) in [4.78, 5) is 26.9. The van der Waals surface area contributed by atoms with Crippen molar-refractivity contribution in [3.8, 4) is 5.75 Å². The van der Waals surface area contributed by atoms with Crippen LogP contribution in [0.1, 0.15) is 15.9 Å². The summed E-state index contributed by atoms with van der Waals surface area (Å²) in [6.07, 6.45) is 1.15. The minimum Gasteiger partial charge on any atom is -0.484 e. The number of nitrogens with one attached hydrogen (secondary N) is 1. The lowest BCUT2D eigenvalue weighted by Gasteiger charge is -2.27. The summed E-state index contributed by atoms with van der Waals surface area (Å²) in [6, 6.07) is 13.7. The molecule has 0 bridgehead atoms. The number of sulfonamides is 1. The van der Waals surface area contributed by atoms with Gasteiger partial charge in [-0.1, -0.05) is 24.3 Å². The topological polar surface area (TPSA) is 105 Å². The zero-order valence-electron chi connectivity index (χ0n) is 18.1. The van der Waals surface area contributed by atoms with Gasteiger partial charge >= 0.3 is 0 Å². The first-order chi connectivity index (χ1) is 15.2. The highest BCUT2D eigenvalue weighted by Crippen LogP contribution is 2.19. The van der Waals surface area contributed by atoms with Crippen LogP contribution in [0.3, 0.4) is 0 Å².